The lowest BCUT2D eigenvalue weighted by Crippen LogP contribution is -2.25. The Morgan fingerprint density at radius 3 is 2.73 bits per heavy atom. The molecular formula is C16H15N3O3. The number of benzene rings is 1. The molecule has 0 radical (unpaired) electrons. The fourth-order valence-electron chi connectivity index (χ4n) is 2.21. The number of hydrogen-bond acceptors (Lipinski definition) is 5. The van der Waals surface area contributed by atoms with Crippen LogP contribution in [0.25, 0.3) is 10.9 Å². The van der Waals surface area contributed by atoms with Gasteiger partial charge < -0.3 is 14.7 Å². The third kappa shape index (κ3) is 2.88. The number of nitrogens with zero attached hydrogens (tertiary/aromatic N) is 2. The normalized spacial score (nSPS) is 11.7. The van der Waals surface area contributed by atoms with Gasteiger partial charge in [-0.3, -0.25) is 4.79 Å². The first-order valence-corrected chi connectivity index (χ1v) is 6.64. The molecule has 112 valence electrons. The first-order chi connectivity index (χ1) is 10.5. The maximum absolute atomic E-state index is 12.1. The second-order valence-corrected chi connectivity index (χ2v) is 4.96. The highest BCUT2D eigenvalue weighted by Gasteiger charge is 2.22. The number of rotatable bonds is 5. The summed E-state index contributed by atoms with van der Waals surface area (Å²) in [5, 5.41) is 16.9. The molecule has 22 heavy (non-hydrogen) atoms. The number of Topliss-reactive ketones (excluding diaryl/α,β-unsaturated/α-hetero) is 1. The van der Waals surface area contributed by atoms with Gasteiger partial charge in [0.05, 0.1) is 11.6 Å². The summed E-state index contributed by atoms with van der Waals surface area (Å²) in [5.41, 5.74) is 1.19. The maximum atomic E-state index is 12.1. The number of nitriles is 1. The minimum absolute atomic E-state index is 0.0614. The standard InChI is InChI=1S/C16H15N3O3/c1-10(18)12(7-17)15(20)9-22-16(21)13-8-19(2)14-6-4-3-5-11(13)14/h3-6,8,12,18H,9H2,1-2H3. The number of carbonyl (C=O) groups is 2. The number of aromatic nitrogens is 1. The van der Waals surface area contributed by atoms with Gasteiger partial charge in [-0.05, 0) is 13.0 Å². The minimum Gasteiger partial charge on any atom is -0.454 e. The van der Waals surface area contributed by atoms with E-state index in [0.717, 1.165) is 10.9 Å². The highest BCUT2D eigenvalue weighted by Crippen LogP contribution is 2.21. The molecule has 0 aliphatic carbocycles. The Morgan fingerprint density at radius 2 is 2.09 bits per heavy atom. The topological polar surface area (TPSA) is 95.9 Å². The summed E-state index contributed by atoms with van der Waals surface area (Å²) in [7, 11) is 1.81. The lowest BCUT2D eigenvalue weighted by Gasteiger charge is -2.07. The number of nitrogens with one attached hydrogen (secondary N) is 1. The first-order valence-electron chi connectivity index (χ1n) is 6.64. The third-order valence-electron chi connectivity index (χ3n) is 3.35. The van der Waals surface area contributed by atoms with Gasteiger partial charge in [0.1, 0.15) is 5.92 Å². The highest BCUT2D eigenvalue weighted by atomic mass is 16.5. The van der Waals surface area contributed by atoms with E-state index in [1.807, 2.05) is 25.2 Å². The summed E-state index contributed by atoms with van der Waals surface area (Å²) in [4.78, 5) is 23.9. The molecule has 6 heteroatoms. The van der Waals surface area contributed by atoms with Crippen LogP contribution in [0.3, 0.4) is 0 Å². The first kappa shape index (κ1) is 15.4. The summed E-state index contributed by atoms with van der Waals surface area (Å²) >= 11 is 0. The number of esters is 1. The summed E-state index contributed by atoms with van der Waals surface area (Å²) < 4.78 is 6.79. The number of para-hydroxylation sites is 1. The average Bonchev–Trinajstić information content (AvgIpc) is 2.83. The SMILES string of the molecule is CC(=N)C(C#N)C(=O)COC(=O)c1cn(C)c2ccccc12. The van der Waals surface area contributed by atoms with Crippen molar-refractivity contribution in [2.75, 3.05) is 6.61 Å². The number of fused-ring (bicyclic) bond motifs is 1. The summed E-state index contributed by atoms with van der Waals surface area (Å²) in [6.07, 6.45) is 1.64. The van der Waals surface area contributed by atoms with Crippen molar-refractivity contribution in [1.29, 1.82) is 10.7 Å². The minimum atomic E-state index is -1.17. The van der Waals surface area contributed by atoms with Crippen LogP contribution in [-0.4, -0.2) is 28.6 Å². The van der Waals surface area contributed by atoms with Gasteiger partial charge in [0.2, 0.25) is 0 Å². The Balaban J connectivity index is 2.14. The fourth-order valence-corrected chi connectivity index (χ4v) is 2.21. The molecule has 0 bridgehead atoms. The van der Waals surface area contributed by atoms with Crippen molar-refractivity contribution >= 4 is 28.4 Å². The molecule has 1 heterocycles. The van der Waals surface area contributed by atoms with Crippen LogP contribution >= 0.6 is 0 Å². The number of ketones is 1. The molecule has 0 saturated carbocycles. The van der Waals surface area contributed by atoms with Crippen LogP contribution in [0.15, 0.2) is 30.5 Å². The van der Waals surface area contributed by atoms with Crippen molar-refractivity contribution in [3.05, 3.63) is 36.0 Å². The van der Waals surface area contributed by atoms with E-state index in [0.29, 0.717) is 5.56 Å². The van der Waals surface area contributed by atoms with Crippen LogP contribution in [-0.2, 0) is 16.6 Å². The molecule has 2 rings (SSSR count). The number of ether oxygens (including phenoxy) is 1. The van der Waals surface area contributed by atoms with Crippen LogP contribution in [0.5, 0.6) is 0 Å². The van der Waals surface area contributed by atoms with E-state index in [-0.39, 0.29) is 5.71 Å². The van der Waals surface area contributed by atoms with Gasteiger partial charge in [-0.25, -0.2) is 4.79 Å². The van der Waals surface area contributed by atoms with Gasteiger partial charge in [-0.15, -0.1) is 0 Å². The van der Waals surface area contributed by atoms with Crippen LogP contribution < -0.4 is 0 Å². The molecule has 6 nitrogen and oxygen atoms in total. The Kier molecular flexibility index (Phi) is 4.37. The van der Waals surface area contributed by atoms with Gasteiger partial charge in [0.15, 0.2) is 12.4 Å². The highest BCUT2D eigenvalue weighted by molar-refractivity contribution is 6.08. The van der Waals surface area contributed by atoms with Gasteiger partial charge in [0.25, 0.3) is 0 Å². The van der Waals surface area contributed by atoms with Crippen molar-refractivity contribution in [2.45, 2.75) is 6.92 Å². The predicted molar refractivity (Wildman–Crippen MR) is 80.7 cm³/mol. The zero-order valence-electron chi connectivity index (χ0n) is 12.3. The summed E-state index contributed by atoms with van der Waals surface area (Å²) in [6, 6.07) is 9.08. The molecular weight excluding hydrogens is 282 g/mol. The Hall–Kier alpha value is -2.94. The molecule has 2 aromatic rings. The molecule has 1 N–H and O–H groups in total. The fraction of sp³-hybridized carbons (Fsp3) is 0.250. The molecule has 1 unspecified atom stereocenters. The largest absolute Gasteiger partial charge is 0.454 e. The quantitative estimate of drug-likeness (QED) is 0.675. The molecule has 1 atom stereocenters. The van der Waals surface area contributed by atoms with E-state index in [1.165, 1.54) is 6.92 Å². The number of carbonyl (C=O) groups excluding carboxylic acids is 2. The second-order valence-electron chi connectivity index (χ2n) is 4.96. The smallest absolute Gasteiger partial charge is 0.340 e. The van der Waals surface area contributed by atoms with Gasteiger partial charge in [-0.1, -0.05) is 18.2 Å². The molecule has 0 aliphatic heterocycles. The summed E-state index contributed by atoms with van der Waals surface area (Å²) in [6.45, 7) is 0.856. The zero-order valence-corrected chi connectivity index (χ0v) is 12.3. The molecule has 1 aromatic carbocycles. The molecule has 1 aromatic heterocycles. The zero-order chi connectivity index (χ0) is 16.3. The van der Waals surface area contributed by atoms with Crippen molar-refractivity contribution in [3.63, 3.8) is 0 Å². The van der Waals surface area contributed by atoms with E-state index in [9.17, 15) is 9.59 Å². The van der Waals surface area contributed by atoms with E-state index >= 15 is 0 Å². The van der Waals surface area contributed by atoms with Crippen LogP contribution in [0.2, 0.25) is 0 Å². The Bertz CT molecular complexity index is 799. The van der Waals surface area contributed by atoms with Crippen LogP contribution in [0.1, 0.15) is 17.3 Å². The molecule has 0 fully saturated rings. The van der Waals surface area contributed by atoms with Crippen molar-refractivity contribution < 1.29 is 14.3 Å². The van der Waals surface area contributed by atoms with E-state index in [1.54, 1.807) is 22.9 Å². The van der Waals surface area contributed by atoms with Crippen molar-refractivity contribution in [2.24, 2.45) is 13.0 Å². The lowest BCUT2D eigenvalue weighted by atomic mass is 10.0. The molecule has 0 spiro atoms. The molecule has 0 saturated heterocycles. The van der Waals surface area contributed by atoms with Gasteiger partial charge in [0, 0.05) is 29.9 Å². The van der Waals surface area contributed by atoms with Crippen LogP contribution in [0.4, 0.5) is 0 Å². The molecule has 0 amide bonds. The maximum Gasteiger partial charge on any atom is 0.340 e. The number of aryl methyl sites for hydroxylation is 1. The van der Waals surface area contributed by atoms with Gasteiger partial charge >= 0.3 is 5.97 Å². The van der Waals surface area contributed by atoms with Gasteiger partial charge in [-0.2, -0.15) is 5.26 Å². The second kappa shape index (κ2) is 6.22. The van der Waals surface area contributed by atoms with Crippen LogP contribution in [0, 0.1) is 22.7 Å². The number of hydrogen-bond donors (Lipinski definition) is 1. The molecule has 0 aliphatic rings. The summed E-state index contributed by atoms with van der Waals surface area (Å²) in [5.74, 6) is -2.38. The van der Waals surface area contributed by atoms with E-state index < -0.39 is 24.3 Å². The predicted octanol–water partition coefficient (Wildman–Crippen LogP) is 2.08. The Labute approximate surface area is 127 Å². The van der Waals surface area contributed by atoms with E-state index in [4.69, 9.17) is 15.4 Å². The lowest BCUT2D eigenvalue weighted by molar-refractivity contribution is -0.122. The van der Waals surface area contributed by atoms with Crippen molar-refractivity contribution in [3.8, 4) is 6.07 Å². The van der Waals surface area contributed by atoms with Crippen molar-refractivity contribution in [1.82, 2.24) is 4.57 Å². The van der Waals surface area contributed by atoms with E-state index in [2.05, 4.69) is 0 Å². The Morgan fingerprint density at radius 1 is 1.41 bits per heavy atom. The third-order valence-corrected chi connectivity index (χ3v) is 3.35. The monoisotopic (exact) mass is 297 g/mol. The average molecular weight is 297 g/mol.